The number of carbonyl (C=O) groups excluding carboxylic acids is 4. The third-order valence-electron chi connectivity index (χ3n) is 4.51. The Hall–Kier alpha value is -2.70. The third-order valence-corrected chi connectivity index (χ3v) is 4.51. The number of ketones is 1. The number of carbonyl (C=O) groups is 4. The van der Waals surface area contributed by atoms with E-state index in [0.717, 1.165) is 19.3 Å². The number of fused-ring (bicyclic) bond motifs is 1. The molecule has 3 amide bonds. The molecule has 1 aliphatic rings. The van der Waals surface area contributed by atoms with Crippen LogP contribution in [-0.4, -0.2) is 36.8 Å². The van der Waals surface area contributed by atoms with Crippen molar-refractivity contribution >= 4 is 23.7 Å². The van der Waals surface area contributed by atoms with Crippen molar-refractivity contribution in [2.75, 3.05) is 13.2 Å². The number of amides is 3. The number of Topliss-reactive ketones (excluding diaryl/α,β-unsaturated/α-hetero) is 1. The molecule has 2 N–H and O–H groups in total. The largest absolute Gasteiger partial charge is 0.456 e. The van der Waals surface area contributed by atoms with Crippen molar-refractivity contribution in [1.29, 1.82) is 0 Å². The van der Waals surface area contributed by atoms with Crippen LogP contribution in [-0.2, 0) is 27.2 Å². The van der Waals surface area contributed by atoms with E-state index in [4.69, 9.17) is 4.74 Å². The second-order valence-electron chi connectivity index (χ2n) is 7.43. The van der Waals surface area contributed by atoms with Gasteiger partial charge in [-0.25, -0.2) is 4.79 Å². The van der Waals surface area contributed by atoms with Gasteiger partial charge in [-0.15, -0.1) is 0 Å². The van der Waals surface area contributed by atoms with E-state index >= 15 is 0 Å². The van der Waals surface area contributed by atoms with E-state index in [-0.39, 0.29) is 24.5 Å². The molecule has 1 aromatic carbocycles. The number of benzene rings is 1. The highest BCUT2D eigenvalue weighted by molar-refractivity contribution is 5.98. The molecule has 0 fully saturated rings. The van der Waals surface area contributed by atoms with Gasteiger partial charge in [0.05, 0.1) is 6.42 Å². The first-order chi connectivity index (χ1) is 13.3. The maximum Gasteiger partial charge on any atom is 0.321 e. The van der Waals surface area contributed by atoms with Gasteiger partial charge in [0.15, 0.2) is 12.4 Å². The minimum Gasteiger partial charge on any atom is -0.456 e. The van der Waals surface area contributed by atoms with Gasteiger partial charge in [0.25, 0.3) is 5.91 Å². The zero-order valence-corrected chi connectivity index (χ0v) is 16.5. The maximum absolute atomic E-state index is 12.3. The van der Waals surface area contributed by atoms with Crippen LogP contribution >= 0.6 is 0 Å². The first kappa shape index (κ1) is 21.6. The summed E-state index contributed by atoms with van der Waals surface area (Å²) in [5.41, 5.74) is 3.12. The third kappa shape index (κ3) is 7.13. The van der Waals surface area contributed by atoms with Gasteiger partial charge in [0.1, 0.15) is 0 Å². The Balaban J connectivity index is 1.70. The molecule has 1 aliphatic carbocycles. The van der Waals surface area contributed by atoms with E-state index in [1.807, 2.05) is 26.0 Å². The second-order valence-corrected chi connectivity index (χ2v) is 7.43. The zero-order chi connectivity index (χ0) is 20.5. The van der Waals surface area contributed by atoms with Crippen molar-refractivity contribution in [3.05, 3.63) is 34.9 Å². The summed E-state index contributed by atoms with van der Waals surface area (Å²) >= 11 is 0. The molecule has 0 unspecified atom stereocenters. The summed E-state index contributed by atoms with van der Waals surface area (Å²) in [7, 11) is 0. The molecular formula is C21H28N2O5. The Morgan fingerprint density at radius 3 is 2.46 bits per heavy atom. The summed E-state index contributed by atoms with van der Waals surface area (Å²) < 4.78 is 4.82. The molecule has 0 aromatic heterocycles. The highest BCUT2D eigenvalue weighted by Gasteiger charge is 2.15. The van der Waals surface area contributed by atoms with Crippen molar-refractivity contribution in [3.8, 4) is 0 Å². The van der Waals surface area contributed by atoms with Crippen LogP contribution in [0.5, 0.6) is 0 Å². The minimum atomic E-state index is -0.712. The number of urea groups is 1. The van der Waals surface area contributed by atoms with Crippen LogP contribution in [0.1, 0.15) is 61.0 Å². The fourth-order valence-corrected chi connectivity index (χ4v) is 2.99. The van der Waals surface area contributed by atoms with Crippen LogP contribution in [0.3, 0.4) is 0 Å². The molecule has 0 heterocycles. The summed E-state index contributed by atoms with van der Waals surface area (Å²) in [6.45, 7) is 3.73. The fourth-order valence-electron chi connectivity index (χ4n) is 2.99. The summed E-state index contributed by atoms with van der Waals surface area (Å²) in [5, 5.41) is 4.60. The lowest BCUT2D eigenvalue weighted by atomic mass is 9.89. The van der Waals surface area contributed by atoms with Gasteiger partial charge in [-0.2, -0.15) is 0 Å². The first-order valence-electron chi connectivity index (χ1n) is 9.73. The number of ether oxygens (including phenoxy) is 1. The molecule has 0 saturated carbocycles. The van der Waals surface area contributed by atoms with Crippen molar-refractivity contribution in [2.24, 2.45) is 5.92 Å². The number of imide groups is 1. The Morgan fingerprint density at radius 1 is 1.04 bits per heavy atom. The van der Waals surface area contributed by atoms with Gasteiger partial charge in [-0.05, 0) is 48.8 Å². The Kier molecular flexibility index (Phi) is 8.17. The van der Waals surface area contributed by atoms with Gasteiger partial charge in [0, 0.05) is 18.5 Å². The molecule has 28 heavy (non-hydrogen) atoms. The molecule has 1 aromatic rings. The van der Waals surface area contributed by atoms with E-state index < -0.39 is 24.5 Å². The summed E-state index contributed by atoms with van der Waals surface area (Å²) in [4.78, 5) is 47.1. The predicted octanol–water partition coefficient (Wildman–Crippen LogP) is 2.55. The molecule has 7 nitrogen and oxygen atoms in total. The van der Waals surface area contributed by atoms with Crippen LogP contribution in [0.4, 0.5) is 4.79 Å². The number of esters is 1. The monoisotopic (exact) mass is 388 g/mol. The Morgan fingerprint density at radius 2 is 1.75 bits per heavy atom. The number of nitrogens with one attached hydrogen (secondary N) is 2. The van der Waals surface area contributed by atoms with Crippen LogP contribution < -0.4 is 10.6 Å². The predicted molar refractivity (Wildman–Crippen MR) is 104 cm³/mol. The average Bonchev–Trinajstić information content (AvgIpc) is 2.68. The zero-order valence-electron chi connectivity index (χ0n) is 16.5. The van der Waals surface area contributed by atoms with Crippen molar-refractivity contribution < 1.29 is 23.9 Å². The highest BCUT2D eigenvalue weighted by atomic mass is 16.5. The average molecular weight is 388 g/mol. The van der Waals surface area contributed by atoms with E-state index in [2.05, 4.69) is 10.6 Å². The van der Waals surface area contributed by atoms with Crippen LogP contribution in [0.25, 0.3) is 0 Å². The highest BCUT2D eigenvalue weighted by Crippen LogP contribution is 2.23. The van der Waals surface area contributed by atoms with Gasteiger partial charge in [-0.1, -0.05) is 26.0 Å². The maximum atomic E-state index is 12.3. The molecule has 0 atom stereocenters. The minimum absolute atomic E-state index is 0.0219. The van der Waals surface area contributed by atoms with Crippen molar-refractivity contribution in [1.82, 2.24) is 10.6 Å². The number of rotatable bonds is 8. The smallest absolute Gasteiger partial charge is 0.321 e. The molecule has 2 rings (SSSR count). The Labute approximate surface area is 165 Å². The number of aryl methyl sites for hydroxylation is 2. The van der Waals surface area contributed by atoms with E-state index in [1.165, 1.54) is 17.5 Å². The number of hydrogen-bond donors (Lipinski definition) is 2. The number of hydrogen-bond acceptors (Lipinski definition) is 5. The van der Waals surface area contributed by atoms with E-state index in [0.29, 0.717) is 12.1 Å². The lowest BCUT2D eigenvalue weighted by Gasteiger charge is -2.16. The molecule has 7 heteroatoms. The lowest BCUT2D eigenvalue weighted by molar-refractivity contribution is -0.148. The summed E-state index contributed by atoms with van der Waals surface area (Å²) in [6, 6.07) is 5.10. The Bertz CT molecular complexity index is 742. The topological polar surface area (TPSA) is 102 Å². The fraction of sp³-hybridized carbons (Fsp3) is 0.524. The van der Waals surface area contributed by atoms with Crippen LogP contribution in [0, 0.1) is 5.92 Å². The lowest BCUT2D eigenvalue weighted by Crippen LogP contribution is -2.42. The molecular weight excluding hydrogens is 360 g/mol. The van der Waals surface area contributed by atoms with Crippen molar-refractivity contribution in [3.63, 3.8) is 0 Å². The van der Waals surface area contributed by atoms with Crippen LogP contribution in [0.2, 0.25) is 0 Å². The van der Waals surface area contributed by atoms with Gasteiger partial charge in [-0.3, -0.25) is 19.7 Å². The summed E-state index contributed by atoms with van der Waals surface area (Å²) in [5.74, 6) is -1.23. The van der Waals surface area contributed by atoms with Gasteiger partial charge >= 0.3 is 12.0 Å². The molecule has 0 radical (unpaired) electrons. The van der Waals surface area contributed by atoms with Gasteiger partial charge < -0.3 is 10.1 Å². The van der Waals surface area contributed by atoms with Gasteiger partial charge in [0.2, 0.25) is 0 Å². The van der Waals surface area contributed by atoms with E-state index in [1.54, 1.807) is 6.07 Å². The molecule has 152 valence electrons. The van der Waals surface area contributed by atoms with Crippen molar-refractivity contribution in [2.45, 2.75) is 52.4 Å². The second kappa shape index (κ2) is 10.6. The standard InChI is InChI=1S/C21H28N2O5/c1-14(2)12-22-21(27)23-19(25)13-28-20(26)10-9-18(24)17-8-7-15-5-3-4-6-16(15)11-17/h7-8,11,14H,3-6,9-10,12-13H2,1-2H3,(H2,22,23,25,27). The molecule has 0 spiro atoms. The molecule has 0 saturated heterocycles. The normalized spacial score (nSPS) is 12.8. The molecule has 0 aliphatic heterocycles. The SMILES string of the molecule is CC(C)CNC(=O)NC(=O)COC(=O)CCC(=O)c1ccc2c(c1)CCCC2. The first-order valence-corrected chi connectivity index (χ1v) is 9.73. The van der Waals surface area contributed by atoms with E-state index in [9.17, 15) is 19.2 Å². The van der Waals surface area contributed by atoms with Crippen LogP contribution in [0.15, 0.2) is 18.2 Å². The molecule has 0 bridgehead atoms. The quantitative estimate of drug-likeness (QED) is 0.526. The summed E-state index contributed by atoms with van der Waals surface area (Å²) in [6.07, 6.45) is 4.26.